The number of hydrogen-bond donors (Lipinski definition) is 4. The van der Waals surface area contributed by atoms with E-state index in [1.165, 1.54) is 23.2 Å². The van der Waals surface area contributed by atoms with Gasteiger partial charge in [0.2, 0.25) is 5.91 Å². The minimum absolute atomic E-state index is 0.214. The number of rotatable bonds is 14. The number of amidine groups is 1. The number of aliphatic imine (C=N–C) groups is 2. The van der Waals surface area contributed by atoms with Crippen LogP contribution in [0.1, 0.15) is 77.6 Å². The third kappa shape index (κ3) is 10.8. The monoisotopic (exact) mass is 859 g/mol. The van der Waals surface area contributed by atoms with Crippen molar-refractivity contribution in [3.8, 4) is 0 Å². The van der Waals surface area contributed by atoms with Crippen molar-refractivity contribution in [3.05, 3.63) is 114 Å². The molecule has 2 aromatic carbocycles. The number of hydrogen-bond acceptors (Lipinski definition) is 12. The van der Waals surface area contributed by atoms with Gasteiger partial charge < -0.3 is 31.3 Å². The van der Waals surface area contributed by atoms with Crippen LogP contribution in [0.15, 0.2) is 101 Å². The Morgan fingerprint density at radius 1 is 1.05 bits per heavy atom. The number of aliphatic hydroxyl groups excluding tert-OH is 1. The number of piperazine rings is 1. The lowest BCUT2D eigenvalue weighted by Crippen LogP contribution is -2.50. The first-order valence-electron chi connectivity index (χ1n) is 21.5. The molecule has 0 spiro atoms. The summed E-state index contributed by atoms with van der Waals surface area (Å²) in [6.45, 7) is 20.4. The summed E-state index contributed by atoms with van der Waals surface area (Å²) in [6, 6.07) is 16.2. The van der Waals surface area contributed by atoms with Crippen LogP contribution < -0.4 is 26.3 Å². The van der Waals surface area contributed by atoms with Gasteiger partial charge in [-0.05, 0) is 100 Å². The molecule has 2 atom stereocenters. The number of carbonyl (C=O) groups is 4. The normalized spacial score (nSPS) is 19.7. The van der Waals surface area contributed by atoms with E-state index in [1.54, 1.807) is 36.3 Å². The Morgan fingerprint density at radius 2 is 1.78 bits per heavy atom. The first-order valence-corrected chi connectivity index (χ1v) is 21.5. The molecule has 16 nitrogen and oxygen atoms in total. The van der Waals surface area contributed by atoms with Gasteiger partial charge in [-0.1, -0.05) is 38.6 Å². The van der Waals surface area contributed by atoms with Gasteiger partial charge >= 0.3 is 0 Å². The zero-order chi connectivity index (χ0) is 45.6. The second-order valence-electron chi connectivity index (χ2n) is 15.0. The number of pyridine rings is 1. The van der Waals surface area contributed by atoms with Gasteiger partial charge in [0.1, 0.15) is 11.6 Å². The van der Waals surface area contributed by atoms with E-state index in [-0.39, 0.29) is 41.0 Å². The molecule has 16 heteroatoms. The van der Waals surface area contributed by atoms with Crippen LogP contribution in [0.5, 0.6) is 0 Å². The van der Waals surface area contributed by atoms with Crippen molar-refractivity contribution >= 4 is 59.4 Å². The molecule has 3 fully saturated rings. The lowest BCUT2D eigenvalue weighted by Gasteiger charge is -2.36. The molecule has 5 N–H and O–H groups in total. The topological polar surface area (TPSA) is 192 Å². The van der Waals surface area contributed by atoms with Crippen LogP contribution in [0.4, 0.5) is 22.9 Å². The maximum Gasteiger partial charge on any atom is 0.278 e. The third-order valence-corrected chi connectivity index (χ3v) is 11.2. The minimum atomic E-state index is -0.659. The molecule has 4 heterocycles. The van der Waals surface area contributed by atoms with Crippen LogP contribution in [-0.2, 0) is 16.0 Å². The standard InChI is InChI=1S/C44H50N10O5.C2H6.CH5N/c1-5-21-53-44(59)34(27-45-3)41(54(53)39-19-12-30-11-18-38(56)40(30)49-39)48-31-13-15-32(16-14-31)52-25-23-51(24-26-52)22-7-20-46-36-9-6-8-33(35(36)28-55)43(58)50(4)37-17-10-29(2)47-42(37)57;2*1-2/h5-6,8-9,12-16,19,27-28,37-38,46,56H,1-3,7,10-11,17-18,20-26H2,4H3,(H,47,57);1-2H3;2H2,1H3/b34-27+,48-41?;;. The SMILES string of the molecule is C=CCN1C(=O)/C(=C/N=C)C(=Nc2ccc(N3CCN(CCCNc4cccc(C(=O)N(C)C5CCC(=C)NC5=O)c4C=O)CC3)cc2)N1c1ccc2c(n1)C(O)CC2.CC.CN. The molecule has 3 saturated heterocycles. The number of benzene rings is 2. The molecule has 63 heavy (non-hydrogen) atoms. The predicted molar refractivity (Wildman–Crippen MR) is 251 cm³/mol. The highest BCUT2D eigenvalue weighted by Gasteiger charge is 2.41. The van der Waals surface area contributed by atoms with Crippen molar-refractivity contribution in [2.45, 2.75) is 58.1 Å². The Morgan fingerprint density at radius 3 is 2.44 bits per heavy atom. The van der Waals surface area contributed by atoms with Gasteiger partial charge in [0.25, 0.3) is 11.8 Å². The van der Waals surface area contributed by atoms with Crippen molar-refractivity contribution < 1.29 is 24.3 Å². The fourth-order valence-electron chi connectivity index (χ4n) is 8.04. The quantitative estimate of drug-likeness (QED) is 0.0559. The van der Waals surface area contributed by atoms with Crippen LogP contribution in [-0.4, -0.2) is 127 Å². The van der Waals surface area contributed by atoms with Crippen molar-refractivity contribution in [3.63, 3.8) is 0 Å². The number of anilines is 3. The van der Waals surface area contributed by atoms with Gasteiger partial charge in [0, 0.05) is 63.0 Å². The average molecular weight is 860 g/mol. The number of amides is 3. The number of aryl methyl sites for hydroxylation is 1. The van der Waals surface area contributed by atoms with Gasteiger partial charge in [-0.15, -0.1) is 6.58 Å². The number of piperidine rings is 1. The van der Waals surface area contributed by atoms with Gasteiger partial charge in [-0.2, -0.15) is 0 Å². The molecule has 3 amide bonds. The summed E-state index contributed by atoms with van der Waals surface area (Å²) < 4.78 is 0. The van der Waals surface area contributed by atoms with Gasteiger partial charge in [-0.25, -0.2) is 20.0 Å². The number of fused-ring (bicyclic) bond motifs is 1. The molecule has 0 radical (unpaired) electrons. The van der Waals surface area contributed by atoms with Crippen LogP contribution in [0.3, 0.4) is 0 Å². The molecule has 334 valence electrons. The Bertz CT molecular complexity index is 2210. The van der Waals surface area contributed by atoms with Crippen molar-refractivity contribution in [2.24, 2.45) is 15.7 Å². The molecule has 1 aliphatic carbocycles. The lowest BCUT2D eigenvalue weighted by molar-refractivity contribution is -0.126. The lowest BCUT2D eigenvalue weighted by atomic mass is 10.0. The van der Waals surface area contributed by atoms with Crippen LogP contribution in [0, 0.1) is 0 Å². The number of carbonyl (C=O) groups excluding carboxylic acids is 4. The zero-order valence-electron chi connectivity index (χ0n) is 36.9. The van der Waals surface area contributed by atoms with Crippen molar-refractivity contribution in [1.82, 2.24) is 25.1 Å². The van der Waals surface area contributed by atoms with E-state index in [0.717, 1.165) is 56.8 Å². The number of hydrazine groups is 1. The number of nitrogens with zero attached hydrogens (tertiary/aromatic N) is 8. The Kier molecular flexibility index (Phi) is 17.0. The molecule has 2 unspecified atom stereocenters. The number of nitrogens with one attached hydrogen (secondary N) is 2. The summed E-state index contributed by atoms with van der Waals surface area (Å²) >= 11 is 0. The maximum absolute atomic E-state index is 13.6. The molecule has 0 bridgehead atoms. The van der Waals surface area contributed by atoms with Crippen LogP contribution in [0.2, 0.25) is 0 Å². The summed E-state index contributed by atoms with van der Waals surface area (Å²) in [5.74, 6) is -0.138. The van der Waals surface area contributed by atoms with E-state index < -0.39 is 12.1 Å². The van der Waals surface area contributed by atoms with Crippen LogP contribution in [0.25, 0.3) is 0 Å². The van der Waals surface area contributed by atoms with E-state index in [9.17, 15) is 24.3 Å². The summed E-state index contributed by atoms with van der Waals surface area (Å²) in [4.78, 5) is 71.5. The maximum atomic E-state index is 13.6. The molecule has 7 rings (SSSR count). The smallest absolute Gasteiger partial charge is 0.278 e. The fraction of sp³-hybridized carbons (Fsp3) is 0.383. The molecule has 1 aromatic heterocycles. The number of aldehydes is 1. The first-order chi connectivity index (χ1) is 30.6. The fourth-order valence-corrected chi connectivity index (χ4v) is 8.04. The summed E-state index contributed by atoms with van der Waals surface area (Å²) in [6.07, 6.45) is 6.34. The van der Waals surface area contributed by atoms with E-state index in [1.807, 2.05) is 50.2 Å². The Balaban J connectivity index is 0.00000182. The second kappa shape index (κ2) is 22.6. The Labute approximate surface area is 370 Å². The second-order valence-corrected chi connectivity index (χ2v) is 15.0. The van der Waals surface area contributed by atoms with Gasteiger partial charge in [-0.3, -0.25) is 29.1 Å². The number of aromatic nitrogens is 1. The van der Waals surface area contributed by atoms with Gasteiger partial charge in [0.15, 0.2) is 17.9 Å². The number of nitrogens with two attached hydrogens (primary N) is 1. The minimum Gasteiger partial charge on any atom is -0.387 e. The highest BCUT2D eigenvalue weighted by Crippen LogP contribution is 2.35. The highest BCUT2D eigenvalue weighted by atomic mass is 16.3. The van der Waals surface area contributed by atoms with Crippen molar-refractivity contribution in [1.29, 1.82) is 0 Å². The molecule has 3 aromatic rings. The zero-order valence-corrected chi connectivity index (χ0v) is 36.9. The molecule has 0 saturated carbocycles. The Hall–Kier alpha value is -6.49. The van der Waals surface area contributed by atoms with E-state index >= 15 is 0 Å². The highest BCUT2D eigenvalue weighted by molar-refractivity contribution is 6.31. The number of likely N-dealkylation sites (N-methyl/N-ethyl adjacent to an activating group) is 1. The number of allylic oxidation sites excluding steroid dienone is 1. The summed E-state index contributed by atoms with van der Waals surface area (Å²) in [5.41, 5.74) is 9.85. The van der Waals surface area contributed by atoms with E-state index in [0.29, 0.717) is 66.5 Å². The predicted octanol–water partition coefficient (Wildman–Crippen LogP) is 5.03. The number of aliphatic hydroxyl groups is 1. The van der Waals surface area contributed by atoms with E-state index in [2.05, 4.69) is 51.0 Å². The van der Waals surface area contributed by atoms with Crippen molar-refractivity contribution in [2.75, 3.05) is 75.1 Å². The van der Waals surface area contributed by atoms with Crippen LogP contribution >= 0.6 is 0 Å². The molecule has 4 aliphatic rings. The molecular formula is C47H61N11O5. The molecule has 3 aliphatic heterocycles. The first kappa shape index (κ1) is 47.6. The summed E-state index contributed by atoms with van der Waals surface area (Å²) in [5, 5.41) is 19.8. The summed E-state index contributed by atoms with van der Waals surface area (Å²) in [7, 11) is 3.09. The van der Waals surface area contributed by atoms with E-state index in [4.69, 9.17) is 9.98 Å². The largest absolute Gasteiger partial charge is 0.387 e. The average Bonchev–Trinajstić information content (AvgIpc) is 3.80. The van der Waals surface area contributed by atoms with Gasteiger partial charge in [0.05, 0.1) is 35.2 Å². The molecular weight excluding hydrogens is 799 g/mol. The third-order valence-electron chi connectivity index (χ3n) is 11.2.